The zero-order valence-electron chi connectivity index (χ0n) is 11.8. The van der Waals surface area contributed by atoms with Gasteiger partial charge in [-0.05, 0) is 37.0 Å². The first-order valence-corrected chi connectivity index (χ1v) is 6.75. The van der Waals surface area contributed by atoms with Crippen molar-refractivity contribution in [2.24, 2.45) is 17.3 Å². The van der Waals surface area contributed by atoms with Gasteiger partial charge in [0.05, 0.1) is 0 Å². The molecule has 0 bridgehead atoms. The topological polar surface area (TPSA) is 66.4 Å². The van der Waals surface area contributed by atoms with Crippen molar-refractivity contribution in [3.8, 4) is 0 Å². The number of carboxylic acid groups (broad SMARTS) is 1. The van der Waals surface area contributed by atoms with Gasteiger partial charge in [-0.3, -0.25) is 9.59 Å². The number of carbonyl (C=O) groups excluding carboxylic acids is 1. The Hall–Kier alpha value is -1.06. The summed E-state index contributed by atoms with van der Waals surface area (Å²) in [5.74, 6) is -1.63. The summed E-state index contributed by atoms with van der Waals surface area (Å²) in [7, 11) is 0. The summed E-state index contributed by atoms with van der Waals surface area (Å²) in [6.07, 6.45) is 4.14. The van der Waals surface area contributed by atoms with Crippen molar-refractivity contribution < 1.29 is 14.7 Å². The van der Waals surface area contributed by atoms with Crippen LogP contribution in [0.25, 0.3) is 0 Å². The van der Waals surface area contributed by atoms with Gasteiger partial charge in [0, 0.05) is 6.04 Å². The SMILES string of the molecule is CC1CCC(NC(=O)C(C(=O)O)C(C)(C)C)CC1. The minimum absolute atomic E-state index is 0.151. The molecule has 1 atom stereocenters. The van der Waals surface area contributed by atoms with Crippen molar-refractivity contribution >= 4 is 11.9 Å². The highest BCUT2D eigenvalue weighted by Gasteiger charge is 2.38. The summed E-state index contributed by atoms with van der Waals surface area (Å²) in [5, 5.41) is 12.1. The fourth-order valence-corrected chi connectivity index (χ4v) is 2.56. The third kappa shape index (κ3) is 4.00. The van der Waals surface area contributed by atoms with Gasteiger partial charge in [0.15, 0.2) is 0 Å². The van der Waals surface area contributed by atoms with Crippen molar-refractivity contribution in [1.82, 2.24) is 5.32 Å². The average molecular weight is 255 g/mol. The largest absolute Gasteiger partial charge is 0.481 e. The molecule has 1 unspecified atom stereocenters. The Labute approximate surface area is 109 Å². The molecule has 0 aromatic heterocycles. The molecular weight excluding hydrogens is 230 g/mol. The molecule has 0 heterocycles. The second kappa shape index (κ2) is 5.72. The summed E-state index contributed by atoms with van der Waals surface area (Å²) in [4.78, 5) is 23.3. The molecule has 0 saturated heterocycles. The Morgan fingerprint density at radius 2 is 1.67 bits per heavy atom. The maximum atomic E-state index is 12.1. The van der Waals surface area contributed by atoms with Crippen molar-refractivity contribution in [2.75, 3.05) is 0 Å². The van der Waals surface area contributed by atoms with Crippen LogP contribution in [0.3, 0.4) is 0 Å². The molecular formula is C14H25NO3. The van der Waals surface area contributed by atoms with E-state index in [0.29, 0.717) is 0 Å². The van der Waals surface area contributed by atoms with E-state index in [1.54, 1.807) is 20.8 Å². The number of hydrogen-bond donors (Lipinski definition) is 2. The van der Waals surface area contributed by atoms with E-state index >= 15 is 0 Å². The van der Waals surface area contributed by atoms with Crippen molar-refractivity contribution in [3.63, 3.8) is 0 Å². The van der Waals surface area contributed by atoms with E-state index in [0.717, 1.165) is 31.6 Å². The summed E-state index contributed by atoms with van der Waals surface area (Å²) in [5.41, 5.74) is -0.558. The van der Waals surface area contributed by atoms with Crippen LogP contribution in [-0.2, 0) is 9.59 Å². The van der Waals surface area contributed by atoms with E-state index in [9.17, 15) is 14.7 Å². The molecule has 4 nitrogen and oxygen atoms in total. The highest BCUT2D eigenvalue weighted by molar-refractivity contribution is 5.97. The predicted molar refractivity (Wildman–Crippen MR) is 70.1 cm³/mol. The molecule has 1 saturated carbocycles. The number of carboxylic acids is 1. The van der Waals surface area contributed by atoms with E-state index in [1.807, 2.05) is 0 Å². The van der Waals surface area contributed by atoms with E-state index in [-0.39, 0.29) is 11.9 Å². The highest BCUT2D eigenvalue weighted by atomic mass is 16.4. The molecule has 1 amide bonds. The van der Waals surface area contributed by atoms with Crippen LogP contribution < -0.4 is 5.32 Å². The Morgan fingerprint density at radius 1 is 1.17 bits per heavy atom. The first-order chi connectivity index (χ1) is 8.21. The van der Waals surface area contributed by atoms with Gasteiger partial charge in [0.25, 0.3) is 0 Å². The van der Waals surface area contributed by atoms with Gasteiger partial charge < -0.3 is 10.4 Å². The third-order valence-electron chi connectivity index (χ3n) is 3.74. The van der Waals surface area contributed by atoms with Crippen LogP contribution >= 0.6 is 0 Å². The lowest BCUT2D eigenvalue weighted by molar-refractivity contribution is -0.151. The van der Waals surface area contributed by atoms with Crippen molar-refractivity contribution in [2.45, 2.75) is 59.4 Å². The van der Waals surface area contributed by atoms with Crippen LogP contribution in [-0.4, -0.2) is 23.0 Å². The molecule has 0 aromatic rings. The quantitative estimate of drug-likeness (QED) is 0.761. The monoisotopic (exact) mass is 255 g/mol. The van der Waals surface area contributed by atoms with Crippen LogP contribution in [0, 0.1) is 17.3 Å². The molecule has 18 heavy (non-hydrogen) atoms. The van der Waals surface area contributed by atoms with Gasteiger partial charge in [-0.1, -0.05) is 27.7 Å². The summed E-state index contributed by atoms with van der Waals surface area (Å²) >= 11 is 0. The molecule has 4 heteroatoms. The van der Waals surface area contributed by atoms with Crippen LogP contribution in [0.15, 0.2) is 0 Å². The maximum Gasteiger partial charge on any atom is 0.316 e. The van der Waals surface area contributed by atoms with E-state index in [2.05, 4.69) is 12.2 Å². The zero-order valence-corrected chi connectivity index (χ0v) is 11.8. The Morgan fingerprint density at radius 3 is 2.06 bits per heavy atom. The molecule has 1 fully saturated rings. The van der Waals surface area contributed by atoms with Crippen molar-refractivity contribution in [1.29, 1.82) is 0 Å². The lowest BCUT2D eigenvalue weighted by Crippen LogP contribution is -2.47. The molecule has 104 valence electrons. The molecule has 0 aliphatic heterocycles. The minimum Gasteiger partial charge on any atom is -0.481 e. The summed E-state index contributed by atoms with van der Waals surface area (Å²) < 4.78 is 0. The van der Waals surface area contributed by atoms with Gasteiger partial charge in [0.2, 0.25) is 5.91 Å². The number of carbonyl (C=O) groups is 2. The van der Waals surface area contributed by atoms with Gasteiger partial charge in [0.1, 0.15) is 5.92 Å². The molecule has 1 aliphatic carbocycles. The lowest BCUT2D eigenvalue weighted by atomic mass is 9.79. The van der Waals surface area contributed by atoms with Gasteiger partial charge in [-0.15, -0.1) is 0 Å². The van der Waals surface area contributed by atoms with Crippen LogP contribution in [0.4, 0.5) is 0 Å². The Bertz CT molecular complexity index is 311. The van der Waals surface area contributed by atoms with E-state index < -0.39 is 17.3 Å². The fourth-order valence-electron chi connectivity index (χ4n) is 2.56. The first kappa shape index (κ1) is 15.0. The second-order valence-electron chi connectivity index (χ2n) is 6.60. The molecule has 1 aliphatic rings. The van der Waals surface area contributed by atoms with Gasteiger partial charge >= 0.3 is 5.97 Å². The standard InChI is InChI=1S/C14H25NO3/c1-9-5-7-10(8-6-9)15-12(16)11(13(17)18)14(2,3)4/h9-11H,5-8H2,1-4H3,(H,15,16)(H,17,18). The van der Waals surface area contributed by atoms with Gasteiger partial charge in [-0.25, -0.2) is 0 Å². The number of hydrogen-bond acceptors (Lipinski definition) is 2. The zero-order chi connectivity index (χ0) is 13.9. The Balaban J connectivity index is 2.60. The maximum absolute atomic E-state index is 12.1. The minimum atomic E-state index is -1.04. The number of amides is 1. The summed E-state index contributed by atoms with van der Waals surface area (Å²) in [6.45, 7) is 7.57. The van der Waals surface area contributed by atoms with Gasteiger partial charge in [-0.2, -0.15) is 0 Å². The normalized spacial score (nSPS) is 26.4. The van der Waals surface area contributed by atoms with Crippen molar-refractivity contribution in [3.05, 3.63) is 0 Å². The van der Waals surface area contributed by atoms with Crippen LogP contribution in [0.1, 0.15) is 53.4 Å². The Kier molecular flexibility index (Phi) is 4.77. The number of aliphatic carboxylic acids is 1. The smallest absolute Gasteiger partial charge is 0.316 e. The molecule has 0 aromatic carbocycles. The number of nitrogens with one attached hydrogen (secondary N) is 1. The third-order valence-corrected chi connectivity index (χ3v) is 3.74. The molecule has 0 radical (unpaired) electrons. The predicted octanol–water partition coefficient (Wildman–Crippen LogP) is 2.43. The fraction of sp³-hybridized carbons (Fsp3) is 0.857. The van der Waals surface area contributed by atoms with E-state index in [1.165, 1.54) is 0 Å². The molecule has 2 N–H and O–H groups in total. The lowest BCUT2D eigenvalue weighted by Gasteiger charge is -2.31. The molecule has 0 spiro atoms. The first-order valence-electron chi connectivity index (χ1n) is 6.75. The van der Waals surface area contributed by atoms with E-state index in [4.69, 9.17) is 0 Å². The molecule has 1 rings (SSSR count). The van der Waals surface area contributed by atoms with Crippen LogP contribution in [0.5, 0.6) is 0 Å². The highest BCUT2D eigenvalue weighted by Crippen LogP contribution is 2.28. The number of rotatable bonds is 3. The second-order valence-corrected chi connectivity index (χ2v) is 6.60. The summed E-state index contributed by atoms with van der Waals surface area (Å²) in [6, 6.07) is 0.151. The average Bonchev–Trinajstić information content (AvgIpc) is 2.18. The van der Waals surface area contributed by atoms with Crippen LogP contribution in [0.2, 0.25) is 0 Å².